The molecule has 0 saturated carbocycles. The third kappa shape index (κ3) is 4.68. The molecule has 1 heterocycles. The van der Waals surface area contributed by atoms with E-state index in [1.165, 1.54) is 0 Å². The molecule has 1 aromatic rings. The minimum absolute atomic E-state index is 0.393. The lowest BCUT2D eigenvalue weighted by atomic mass is 9.92. The molecule has 106 valence electrons. The Hall–Kier alpha value is -0.770. The van der Waals surface area contributed by atoms with E-state index in [4.69, 9.17) is 21.1 Å². The lowest BCUT2D eigenvalue weighted by molar-refractivity contribution is 0.0463. The van der Waals surface area contributed by atoms with E-state index in [-0.39, 0.29) is 0 Å². The lowest BCUT2D eigenvalue weighted by Crippen LogP contribution is -2.43. The Kier molecular flexibility index (Phi) is 5.95. The van der Waals surface area contributed by atoms with Crippen molar-refractivity contribution >= 4 is 11.6 Å². The first-order chi connectivity index (χ1) is 9.29. The summed E-state index contributed by atoms with van der Waals surface area (Å²) < 4.78 is 11.3. The quantitative estimate of drug-likeness (QED) is 0.870. The van der Waals surface area contributed by atoms with Gasteiger partial charge >= 0.3 is 0 Å². The molecule has 1 atom stereocenters. The highest BCUT2D eigenvalue weighted by Gasteiger charge is 2.23. The zero-order chi connectivity index (χ0) is 13.5. The molecule has 0 radical (unpaired) electrons. The number of halogens is 1. The molecule has 19 heavy (non-hydrogen) atoms. The maximum Gasteiger partial charge on any atom is 0.119 e. The Morgan fingerprint density at radius 3 is 2.63 bits per heavy atom. The third-order valence-corrected chi connectivity index (χ3v) is 3.80. The summed E-state index contributed by atoms with van der Waals surface area (Å²) in [4.78, 5) is 0. The van der Waals surface area contributed by atoms with E-state index in [0.29, 0.717) is 18.6 Å². The zero-order valence-corrected chi connectivity index (χ0v) is 12.2. The van der Waals surface area contributed by atoms with Crippen LogP contribution in [0.15, 0.2) is 24.3 Å². The molecule has 1 unspecified atom stereocenters. The van der Waals surface area contributed by atoms with E-state index in [1.54, 1.807) is 0 Å². The van der Waals surface area contributed by atoms with Gasteiger partial charge in [0.2, 0.25) is 0 Å². The van der Waals surface area contributed by atoms with Crippen molar-refractivity contribution in [2.45, 2.75) is 25.8 Å². The van der Waals surface area contributed by atoms with Crippen LogP contribution in [0.3, 0.4) is 0 Å². The second-order valence-electron chi connectivity index (χ2n) is 4.88. The second-order valence-corrected chi connectivity index (χ2v) is 5.32. The summed E-state index contributed by atoms with van der Waals surface area (Å²) in [5.41, 5.74) is 0. The van der Waals surface area contributed by atoms with Gasteiger partial charge in [-0.05, 0) is 49.6 Å². The van der Waals surface area contributed by atoms with Crippen molar-refractivity contribution in [1.82, 2.24) is 5.32 Å². The summed E-state index contributed by atoms with van der Waals surface area (Å²) in [6.45, 7) is 5.53. The van der Waals surface area contributed by atoms with E-state index in [0.717, 1.165) is 43.4 Å². The fourth-order valence-electron chi connectivity index (χ4n) is 2.46. The average Bonchev–Trinajstić information content (AvgIpc) is 2.46. The smallest absolute Gasteiger partial charge is 0.119 e. The van der Waals surface area contributed by atoms with Crippen molar-refractivity contribution in [3.63, 3.8) is 0 Å². The largest absolute Gasteiger partial charge is 0.492 e. The zero-order valence-electron chi connectivity index (χ0n) is 11.4. The van der Waals surface area contributed by atoms with Crippen molar-refractivity contribution in [1.29, 1.82) is 0 Å². The summed E-state index contributed by atoms with van der Waals surface area (Å²) in [5, 5.41) is 4.26. The van der Waals surface area contributed by atoms with E-state index in [9.17, 15) is 0 Å². The molecule has 1 aromatic carbocycles. The predicted molar refractivity (Wildman–Crippen MR) is 78.0 cm³/mol. The lowest BCUT2D eigenvalue weighted by Gasteiger charge is -2.30. The molecule has 1 saturated heterocycles. The fraction of sp³-hybridized carbons (Fsp3) is 0.600. The highest BCUT2D eigenvalue weighted by molar-refractivity contribution is 6.30. The number of hydrogen-bond donors (Lipinski definition) is 1. The van der Waals surface area contributed by atoms with Gasteiger partial charge < -0.3 is 14.8 Å². The average molecular weight is 284 g/mol. The van der Waals surface area contributed by atoms with Crippen LogP contribution in [-0.4, -0.2) is 32.4 Å². The maximum absolute atomic E-state index is 5.87. The van der Waals surface area contributed by atoms with Crippen LogP contribution in [0, 0.1) is 5.92 Å². The van der Waals surface area contributed by atoms with E-state index in [2.05, 4.69) is 12.2 Å². The summed E-state index contributed by atoms with van der Waals surface area (Å²) >= 11 is 5.86. The Morgan fingerprint density at radius 2 is 2.00 bits per heavy atom. The van der Waals surface area contributed by atoms with Gasteiger partial charge in [-0.3, -0.25) is 0 Å². The first-order valence-corrected chi connectivity index (χ1v) is 7.37. The minimum Gasteiger partial charge on any atom is -0.492 e. The summed E-state index contributed by atoms with van der Waals surface area (Å²) in [6.07, 6.45) is 2.23. The molecule has 0 aromatic heterocycles. The number of nitrogens with one attached hydrogen (secondary N) is 1. The molecule has 1 N–H and O–H groups in total. The SMILES string of the molecule is CCNC(COc1ccc(Cl)cc1)C1CCOCC1. The van der Waals surface area contributed by atoms with Crippen LogP contribution >= 0.6 is 11.6 Å². The maximum atomic E-state index is 5.87. The molecule has 2 rings (SSSR count). The summed E-state index contributed by atoms with van der Waals surface area (Å²) in [6, 6.07) is 7.93. The molecule has 1 aliphatic heterocycles. The topological polar surface area (TPSA) is 30.5 Å². The molecule has 0 bridgehead atoms. The van der Waals surface area contributed by atoms with Crippen molar-refractivity contribution in [2.24, 2.45) is 5.92 Å². The van der Waals surface area contributed by atoms with E-state index < -0.39 is 0 Å². The minimum atomic E-state index is 0.393. The molecular formula is C15H22ClNO2. The molecule has 0 aliphatic carbocycles. The molecule has 4 heteroatoms. The number of benzene rings is 1. The number of rotatable bonds is 6. The molecule has 0 amide bonds. The standard InChI is InChI=1S/C15H22ClNO2/c1-2-17-15(12-7-9-18-10-8-12)11-19-14-5-3-13(16)4-6-14/h3-6,12,15,17H,2,7-11H2,1H3. The number of ether oxygens (including phenoxy) is 2. The molecule has 1 aliphatic rings. The van der Waals surface area contributed by atoms with Gasteiger partial charge in [-0.15, -0.1) is 0 Å². The van der Waals surface area contributed by atoms with Crippen molar-refractivity contribution in [3.05, 3.63) is 29.3 Å². The Labute approximate surface area is 120 Å². The molecule has 3 nitrogen and oxygen atoms in total. The number of likely N-dealkylation sites (N-methyl/N-ethyl adjacent to an activating group) is 1. The van der Waals surface area contributed by atoms with Crippen molar-refractivity contribution < 1.29 is 9.47 Å². The van der Waals surface area contributed by atoms with Crippen LogP contribution in [0.5, 0.6) is 5.75 Å². The number of hydrogen-bond acceptors (Lipinski definition) is 3. The van der Waals surface area contributed by atoms with Gasteiger partial charge in [0.05, 0.1) is 0 Å². The normalized spacial score (nSPS) is 18.2. The molecule has 0 spiro atoms. The Morgan fingerprint density at radius 1 is 1.32 bits per heavy atom. The van der Waals surface area contributed by atoms with Crippen LogP contribution < -0.4 is 10.1 Å². The Balaban J connectivity index is 1.87. The van der Waals surface area contributed by atoms with Crippen LogP contribution in [0.25, 0.3) is 0 Å². The summed E-state index contributed by atoms with van der Waals surface area (Å²) in [5.74, 6) is 1.51. The highest BCUT2D eigenvalue weighted by Crippen LogP contribution is 2.21. The van der Waals surface area contributed by atoms with Crippen molar-refractivity contribution in [3.8, 4) is 5.75 Å². The van der Waals surface area contributed by atoms with Crippen LogP contribution in [0.1, 0.15) is 19.8 Å². The van der Waals surface area contributed by atoms with Gasteiger partial charge in [0.25, 0.3) is 0 Å². The van der Waals surface area contributed by atoms with Gasteiger partial charge in [0.1, 0.15) is 12.4 Å². The van der Waals surface area contributed by atoms with Gasteiger partial charge in [-0.2, -0.15) is 0 Å². The van der Waals surface area contributed by atoms with Crippen molar-refractivity contribution in [2.75, 3.05) is 26.4 Å². The van der Waals surface area contributed by atoms with E-state index in [1.807, 2.05) is 24.3 Å². The van der Waals surface area contributed by atoms with E-state index >= 15 is 0 Å². The van der Waals surface area contributed by atoms with Crippen LogP contribution in [0.2, 0.25) is 5.02 Å². The summed E-state index contributed by atoms with van der Waals surface area (Å²) in [7, 11) is 0. The van der Waals surface area contributed by atoms with Gasteiger partial charge in [-0.25, -0.2) is 0 Å². The van der Waals surface area contributed by atoms with Crippen LogP contribution in [-0.2, 0) is 4.74 Å². The third-order valence-electron chi connectivity index (χ3n) is 3.54. The van der Waals surface area contributed by atoms with Gasteiger partial charge in [-0.1, -0.05) is 18.5 Å². The molecule has 1 fully saturated rings. The second kappa shape index (κ2) is 7.73. The molecular weight excluding hydrogens is 262 g/mol. The fourth-order valence-corrected chi connectivity index (χ4v) is 2.58. The van der Waals surface area contributed by atoms with Gasteiger partial charge in [0, 0.05) is 24.3 Å². The first kappa shape index (κ1) is 14.6. The van der Waals surface area contributed by atoms with Gasteiger partial charge in [0.15, 0.2) is 0 Å². The highest BCUT2D eigenvalue weighted by atomic mass is 35.5. The Bertz CT molecular complexity index is 363. The predicted octanol–water partition coefficient (Wildman–Crippen LogP) is 3.12. The monoisotopic (exact) mass is 283 g/mol. The van der Waals surface area contributed by atoms with Crippen LogP contribution in [0.4, 0.5) is 0 Å². The first-order valence-electron chi connectivity index (χ1n) is 6.99.